The molecule has 21 heavy (non-hydrogen) atoms. The Bertz CT molecular complexity index is 507. The van der Waals surface area contributed by atoms with E-state index in [1.165, 1.54) is 11.1 Å². The molecule has 2 nitrogen and oxygen atoms in total. The second-order valence-electron chi connectivity index (χ2n) is 6.12. The molecule has 1 N–H and O–H groups in total. The van der Waals surface area contributed by atoms with Crippen LogP contribution in [-0.2, 0) is 4.74 Å². The Balaban J connectivity index is 1.80. The van der Waals surface area contributed by atoms with Crippen molar-refractivity contribution < 1.29 is 4.74 Å². The maximum atomic E-state index is 5.54. The van der Waals surface area contributed by atoms with Crippen molar-refractivity contribution in [3.05, 3.63) is 71.8 Å². The Morgan fingerprint density at radius 3 is 2.05 bits per heavy atom. The fraction of sp³-hybridized carbons (Fsp3) is 0.368. The molecule has 1 heterocycles. The van der Waals surface area contributed by atoms with E-state index in [0.29, 0.717) is 5.92 Å². The maximum absolute atomic E-state index is 5.54. The second kappa shape index (κ2) is 6.42. The summed E-state index contributed by atoms with van der Waals surface area (Å²) in [6.07, 6.45) is 1.09. The predicted molar refractivity (Wildman–Crippen MR) is 86.6 cm³/mol. The van der Waals surface area contributed by atoms with Gasteiger partial charge in [0.15, 0.2) is 0 Å². The van der Waals surface area contributed by atoms with E-state index in [-0.39, 0.29) is 5.54 Å². The molecule has 1 atom stereocenters. The highest BCUT2D eigenvalue weighted by atomic mass is 16.5. The van der Waals surface area contributed by atoms with E-state index < -0.39 is 0 Å². The van der Waals surface area contributed by atoms with Crippen molar-refractivity contribution in [1.82, 2.24) is 5.32 Å². The van der Waals surface area contributed by atoms with Crippen LogP contribution in [0, 0.1) is 0 Å². The number of rotatable bonds is 5. The first-order valence-electron chi connectivity index (χ1n) is 7.69. The molecule has 2 aromatic carbocycles. The minimum Gasteiger partial charge on any atom is -0.379 e. The van der Waals surface area contributed by atoms with Crippen molar-refractivity contribution in [2.24, 2.45) is 0 Å². The number of hydrogen-bond acceptors (Lipinski definition) is 2. The van der Waals surface area contributed by atoms with Crippen molar-refractivity contribution in [3.8, 4) is 0 Å². The molecular weight excluding hydrogens is 258 g/mol. The van der Waals surface area contributed by atoms with Crippen molar-refractivity contribution >= 4 is 0 Å². The number of nitrogens with one attached hydrogen (secondary N) is 1. The lowest BCUT2D eigenvalue weighted by Crippen LogP contribution is -2.44. The van der Waals surface area contributed by atoms with Crippen LogP contribution >= 0.6 is 0 Å². The SMILES string of the molecule is CC1(NCC(c2ccccc2)c2ccccc2)CCOC1. The van der Waals surface area contributed by atoms with Crippen LogP contribution in [-0.4, -0.2) is 25.3 Å². The van der Waals surface area contributed by atoms with Gasteiger partial charge in [0.2, 0.25) is 0 Å². The Hall–Kier alpha value is -1.64. The van der Waals surface area contributed by atoms with Gasteiger partial charge >= 0.3 is 0 Å². The lowest BCUT2D eigenvalue weighted by molar-refractivity contribution is 0.171. The molecule has 3 rings (SSSR count). The molecule has 1 unspecified atom stereocenters. The maximum Gasteiger partial charge on any atom is 0.0646 e. The lowest BCUT2D eigenvalue weighted by Gasteiger charge is -2.28. The minimum absolute atomic E-state index is 0.113. The van der Waals surface area contributed by atoms with Gasteiger partial charge in [-0.05, 0) is 24.5 Å². The Labute approximate surface area is 127 Å². The van der Waals surface area contributed by atoms with Gasteiger partial charge in [-0.2, -0.15) is 0 Å². The highest BCUT2D eigenvalue weighted by Crippen LogP contribution is 2.26. The monoisotopic (exact) mass is 281 g/mol. The Kier molecular flexibility index (Phi) is 4.37. The summed E-state index contributed by atoms with van der Waals surface area (Å²) in [5, 5.41) is 3.73. The zero-order chi connectivity index (χ0) is 14.5. The third-order valence-corrected chi connectivity index (χ3v) is 4.36. The van der Waals surface area contributed by atoms with Gasteiger partial charge in [0.25, 0.3) is 0 Å². The normalized spacial score (nSPS) is 21.8. The first kappa shape index (κ1) is 14.3. The molecule has 1 aliphatic rings. The summed E-state index contributed by atoms with van der Waals surface area (Å²) in [6.45, 7) is 4.87. The van der Waals surface area contributed by atoms with Gasteiger partial charge in [0, 0.05) is 24.6 Å². The van der Waals surface area contributed by atoms with E-state index in [4.69, 9.17) is 4.74 Å². The standard InChI is InChI=1S/C19H23NO/c1-19(12-13-21-15-19)20-14-18(16-8-4-2-5-9-16)17-10-6-3-7-11-17/h2-11,18,20H,12-15H2,1H3. The van der Waals surface area contributed by atoms with Crippen molar-refractivity contribution in [3.63, 3.8) is 0 Å². The Morgan fingerprint density at radius 2 is 1.57 bits per heavy atom. The highest BCUT2D eigenvalue weighted by Gasteiger charge is 2.30. The van der Waals surface area contributed by atoms with E-state index in [2.05, 4.69) is 72.9 Å². The summed E-state index contributed by atoms with van der Waals surface area (Å²) in [5.74, 6) is 0.379. The third-order valence-electron chi connectivity index (χ3n) is 4.36. The molecule has 2 heteroatoms. The average molecular weight is 281 g/mol. The molecular formula is C19H23NO. The second-order valence-corrected chi connectivity index (χ2v) is 6.12. The van der Waals surface area contributed by atoms with Crippen molar-refractivity contribution in [1.29, 1.82) is 0 Å². The molecule has 110 valence electrons. The first-order valence-corrected chi connectivity index (χ1v) is 7.69. The molecule has 0 bridgehead atoms. The summed E-state index contributed by atoms with van der Waals surface area (Å²) < 4.78 is 5.54. The number of benzene rings is 2. The van der Waals surface area contributed by atoms with Crippen LogP contribution in [0.3, 0.4) is 0 Å². The van der Waals surface area contributed by atoms with Crippen LogP contribution in [0.4, 0.5) is 0 Å². The molecule has 1 fully saturated rings. The summed E-state index contributed by atoms with van der Waals surface area (Å²) in [5.41, 5.74) is 2.83. The van der Waals surface area contributed by atoms with E-state index >= 15 is 0 Å². The lowest BCUT2D eigenvalue weighted by atomic mass is 9.90. The van der Waals surface area contributed by atoms with Crippen LogP contribution in [0.2, 0.25) is 0 Å². The van der Waals surface area contributed by atoms with Crippen LogP contribution in [0.5, 0.6) is 0 Å². The summed E-state index contributed by atoms with van der Waals surface area (Å²) in [6, 6.07) is 21.5. The van der Waals surface area contributed by atoms with E-state index in [1.807, 2.05) is 0 Å². The van der Waals surface area contributed by atoms with E-state index in [0.717, 1.165) is 26.2 Å². The quantitative estimate of drug-likeness (QED) is 0.904. The molecule has 0 saturated carbocycles. The predicted octanol–water partition coefficient (Wildman–Crippen LogP) is 3.59. The fourth-order valence-electron chi connectivity index (χ4n) is 2.95. The van der Waals surface area contributed by atoms with Crippen LogP contribution in [0.1, 0.15) is 30.4 Å². The van der Waals surface area contributed by atoms with E-state index in [1.54, 1.807) is 0 Å². The molecule has 0 amide bonds. The topological polar surface area (TPSA) is 21.3 Å². The average Bonchev–Trinajstić information content (AvgIpc) is 2.97. The smallest absolute Gasteiger partial charge is 0.0646 e. The van der Waals surface area contributed by atoms with Gasteiger partial charge in [0.1, 0.15) is 0 Å². The van der Waals surface area contributed by atoms with Gasteiger partial charge < -0.3 is 10.1 Å². The van der Waals surface area contributed by atoms with Crippen LogP contribution in [0.25, 0.3) is 0 Å². The van der Waals surface area contributed by atoms with E-state index in [9.17, 15) is 0 Å². The molecule has 1 saturated heterocycles. The molecule has 0 radical (unpaired) electrons. The van der Waals surface area contributed by atoms with Crippen LogP contribution in [0.15, 0.2) is 60.7 Å². The number of hydrogen-bond donors (Lipinski definition) is 1. The van der Waals surface area contributed by atoms with Crippen LogP contribution < -0.4 is 5.32 Å². The number of ether oxygens (including phenoxy) is 1. The van der Waals surface area contributed by atoms with Gasteiger partial charge in [-0.15, -0.1) is 0 Å². The largest absolute Gasteiger partial charge is 0.379 e. The van der Waals surface area contributed by atoms with Crippen molar-refractivity contribution in [2.45, 2.75) is 24.8 Å². The van der Waals surface area contributed by atoms with Gasteiger partial charge in [-0.3, -0.25) is 0 Å². The Morgan fingerprint density at radius 1 is 1.00 bits per heavy atom. The zero-order valence-electron chi connectivity index (χ0n) is 12.6. The highest BCUT2D eigenvalue weighted by molar-refractivity contribution is 5.32. The van der Waals surface area contributed by atoms with Gasteiger partial charge in [0.05, 0.1) is 6.61 Å². The summed E-state index contributed by atoms with van der Waals surface area (Å²) >= 11 is 0. The minimum atomic E-state index is 0.113. The molecule has 2 aromatic rings. The molecule has 1 aliphatic heterocycles. The molecule has 0 aromatic heterocycles. The first-order chi connectivity index (χ1) is 10.3. The van der Waals surface area contributed by atoms with Crippen molar-refractivity contribution in [2.75, 3.05) is 19.8 Å². The molecule has 0 aliphatic carbocycles. The summed E-state index contributed by atoms with van der Waals surface area (Å²) in [4.78, 5) is 0. The fourth-order valence-corrected chi connectivity index (χ4v) is 2.95. The zero-order valence-corrected chi connectivity index (χ0v) is 12.6. The summed E-state index contributed by atoms with van der Waals surface area (Å²) in [7, 11) is 0. The third kappa shape index (κ3) is 3.52. The van der Waals surface area contributed by atoms with Gasteiger partial charge in [-0.1, -0.05) is 60.7 Å². The van der Waals surface area contributed by atoms with Gasteiger partial charge in [-0.25, -0.2) is 0 Å². The molecule has 0 spiro atoms.